The first-order chi connectivity index (χ1) is 9.65. The molecule has 5 heteroatoms. The highest BCUT2D eigenvalue weighted by Crippen LogP contribution is 2.22. The number of nitrogens with zero attached hydrogens (tertiary/aromatic N) is 1. The summed E-state index contributed by atoms with van der Waals surface area (Å²) in [6, 6.07) is 6.90. The third-order valence-electron chi connectivity index (χ3n) is 3.42. The van der Waals surface area contributed by atoms with Crippen molar-refractivity contribution in [2.24, 2.45) is 0 Å². The summed E-state index contributed by atoms with van der Waals surface area (Å²) >= 11 is 0. The van der Waals surface area contributed by atoms with E-state index in [1.54, 1.807) is 12.0 Å². The molecule has 108 valence electrons. The summed E-state index contributed by atoms with van der Waals surface area (Å²) in [6.45, 7) is 2.42. The third-order valence-corrected chi connectivity index (χ3v) is 3.42. The minimum absolute atomic E-state index is 0.0390. The van der Waals surface area contributed by atoms with Crippen LogP contribution in [0.3, 0.4) is 0 Å². The Labute approximate surface area is 118 Å². The molecule has 1 unspecified atom stereocenters. The first-order valence-corrected chi connectivity index (χ1v) is 6.90. The molecule has 0 radical (unpaired) electrons. The number of amides is 2. The summed E-state index contributed by atoms with van der Waals surface area (Å²) in [5.74, 6) is 0.644. The maximum atomic E-state index is 12.5. The summed E-state index contributed by atoms with van der Waals surface area (Å²) in [6.07, 6.45) is 1.85. The van der Waals surface area contributed by atoms with Gasteiger partial charge in [0.2, 0.25) is 11.8 Å². The second kappa shape index (κ2) is 6.41. The van der Waals surface area contributed by atoms with Crippen molar-refractivity contribution in [2.45, 2.75) is 32.2 Å². The summed E-state index contributed by atoms with van der Waals surface area (Å²) in [5, 5.41) is 2.80. The Morgan fingerprint density at radius 3 is 2.60 bits per heavy atom. The number of hydrogen-bond acceptors (Lipinski definition) is 3. The van der Waals surface area contributed by atoms with E-state index in [0.717, 1.165) is 17.9 Å². The average molecular weight is 276 g/mol. The van der Waals surface area contributed by atoms with E-state index in [4.69, 9.17) is 4.74 Å². The predicted molar refractivity (Wildman–Crippen MR) is 76.8 cm³/mol. The maximum Gasteiger partial charge on any atom is 0.249 e. The number of ether oxygens (including phenoxy) is 1. The second-order valence-corrected chi connectivity index (χ2v) is 4.85. The molecular weight excluding hydrogens is 256 g/mol. The van der Waals surface area contributed by atoms with Crippen molar-refractivity contribution >= 4 is 17.5 Å². The first kappa shape index (κ1) is 14.4. The molecule has 1 aromatic carbocycles. The highest BCUT2D eigenvalue weighted by Gasteiger charge is 2.29. The van der Waals surface area contributed by atoms with Crippen LogP contribution in [-0.2, 0) is 9.59 Å². The lowest BCUT2D eigenvalue weighted by molar-refractivity contribution is -0.125. The van der Waals surface area contributed by atoms with Gasteiger partial charge in [0.1, 0.15) is 11.8 Å². The Morgan fingerprint density at radius 1 is 1.30 bits per heavy atom. The minimum atomic E-state index is -0.419. The lowest BCUT2D eigenvalue weighted by Gasteiger charge is -2.24. The summed E-state index contributed by atoms with van der Waals surface area (Å²) < 4.78 is 5.11. The first-order valence-electron chi connectivity index (χ1n) is 6.90. The quantitative estimate of drug-likeness (QED) is 0.911. The normalized spacial score (nSPS) is 19.5. The topological polar surface area (TPSA) is 58.6 Å². The van der Waals surface area contributed by atoms with Crippen LogP contribution in [0, 0.1) is 0 Å². The number of hydrogen-bond donors (Lipinski definition) is 1. The van der Waals surface area contributed by atoms with E-state index in [0.29, 0.717) is 19.4 Å². The fourth-order valence-electron chi connectivity index (χ4n) is 2.34. The van der Waals surface area contributed by atoms with E-state index in [1.807, 2.05) is 31.2 Å². The van der Waals surface area contributed by atoms with Crippen molar-refractivity contribution in [3.05, 3.63) is 24.3 Å². The lowest BCUT2D eigenvalue weighted by Crippen LogP contribution is -2.44. The van der Waals surface area contributed by atoms with E-state index < -0.39 is 6.04 Å². The molecule has 2 amide bonds. The summed E-state index contributed by atoms with van der Waals surface area (Å²) in [4.78, 5) is 25.9. The molecule has 2 rings (SSSR count). The zero-order valence-electron chi connectivity index (χ0n) is 11.9. The number of nitrogens with one attached hydrogen (secondary N) is 1. The van der Waals surface area contributed by atoms with Gasteiger partial charge in [-0.3, -0.25) is 9.59 Å². The van der Waals surface area contributed by atoms with Crippen molar-refractivity contribution in [1.29, 1.82) is 0 Å². The van der Waals surface area contributed by atoms with E-state index in [2.05, 4.69) is 5.32 Å². The van der Waals surface area contributed by atoms with Crippen LogP contribution >= 0.6 is 0 Å². The van der Waals surface area contributed by atoms with E-state index in [9.17, 15) is 9.59 Å². The number of carbonyl (C=O) groups is 2. The number of methoxy groups -OCH3 is 1. The van der Waals surface area contributed by atoms with Crippen LogP contribution in [0.2, 0.25) is 0 Å². The summed E-state index contributed by atoms with van der Waals surface area (Å²) in [7, 11) is 1.60. The van der Waals surface area contributed by atoms with Gasteiger partial charge >= 0.3 is 0 Å². The van der Waals surface area contributed by atoms with Crippen molar-refractivity contribution in [1.82, 2.24) is 5.32 Å². The highest BCUT2D eigenvalue weighted by molar-refractivity contribution is 6.01. The second-order valence-electron chi connectivity index (χ2n) is 4.85. The fourth-order valence-corrected chi connectivity index (χ4v) is 2.34. The van der Waals surface area contributed by atoms with Gasteiger partial charge in [-0.25, -0.2) is 0 Å². The molecule has 1 saturated heterocycles. The van der Waals surface area contributed by atoms with Gasteiger partial charge in [0.25, 0.3) is 0 Å². The Hall–Kier alpha value is -2.04. The molecule has 0 aromatic heterocycles. The third kappa shape index (κ3) is 3.10. The molecule has 1 fully saturated rings. The van der Waals surface area contributed by atoms with Gasteiger partial charge in [-0.2, -0.15) is 0 Å². The van der Waals surface area contributed by atoms with E-state index in [-0.39, 0.29) is 11.8 Å². The van der Waals surface area contributed by atoms with Gasteiger partial charge in [0.15, 0.2) is 0 Å². The molecule has 1 aromatic rings. The lowest BCUT2D eigenvalue weighted by atomic mass is 10.1. The Bertz CT molecular complexity index is 484. The van der Waals surface area contributed by atoms with Gasteiger partial charge in [0.05, 0.1) is 7.11 Å². The molecule has 0 saturated carbocycles. The van der Waals surface area contributed by atoms with Crippen molar-refractivity contribution < 1.29 is 14.3 Å². The van der Waals surface area contributed by atoms with Crippen LogP contribution in [0.4, 0.5) is 5.69 Å². The Kier molecular flexibility index (Phi) is 4.61. The van der Waals surface area contributed by atoms with E-state index in [1.165, 1.54) is 0 Å². The highest BCUT2D eigenvalue weighted by atomic mass is 16.5. The zero-order valence-corrected chi connectivity index (χ0v) is 11.9. The van der Waals surface area contributed by atoms with Gasteiger partial charge < -0.3 is 15.0 Å². The molecule has 0 aliphatic carbocycles. The molecule has 20 heavy (non-hydrogen) atoms. The largest absolute Gasteiger partial charge is 0.497 e. The molecule has 1 heterocycles. The van der Waals surface area contributed by atoms with E-state index >= 15 is 0 Å². The number of benzene rings is 1. The Balaban J connectivity index is 2.23. The van der Waals surface area contributed by atoms with Crippen LogP contribution in [-0.4, -0.2) is 31.5 Å². The molecule has 1 aliphatic heterocycles. The van der Waals surface area contributed by atoms with Gasteiger partial charge in [-0.1, -0.05) is 13.3 Å². The van der Waals surface area contributed by atoms with Gasteiger partial charge in [-0.15, -0.1) is 0 Å². The molecule has 5 nitrogen and oxygen atoms in total. The molecule has 1 aliphatic rings. The van der Waals surface area contributed by atoms with Crippen LogP contribution in [0.1, 0.15) is 26.2 Å². The van der Waals surface area contributed by atoms with Crippen molar-refractivity contribution in [2.75, 3.05) is 18.6 Å². The monoisotopic (exact) mass is 276 g/mol. The Morgan fingerprint density at radius 2 is 2.00 bits per heavy atom. The molecule has 1 N–H and O–H groups in total. The minimum Gasteiger partial charge on any atom is -0.497 e. The summed E-state index contributed by atoms with van der Waals surface area (Å²) in [5.41, 5.74) is 0.799. The number of rotatable bonds is 4. The smallest absolute Gasteiger partial charge is 0.249 e. The molecular formula is C15H20N2O3. The average Bonchev–Trinajstić information content (AvgIpc) is 2.60. The van der Waals surface area contributed by atoms with Gasteiger partial charge in [0, 0.05) is 18.7 Å². The molecule has 0 spiro atoms. The van der Waals surface area contributed by atoms with Crippen LogP contribution in [0.25, 0.3) is 0 Å². The SMILES string of the molecule is CCCC1NC(=O)CCN(c2ccc(OC)cc2)C1=O. The van der Waals surface area contributed by atoms with Crippen LogP contribution < -0.4 is 15.0 Å². The predicted octanol–water partition coefficient (Wildman–Crippen LogP) is 1.72. The van der Waals surface area contributed by atoms with Crippen molar-refractivity contribution in [3.8, 4) is 5.75 Å². The zero-order chi connectivity index (χ0) is 14.5. The number of anilines is 1. The number of carbonyl (C=O) groups excluding carboxylic acids is 2. The molecule has 0 bridgehead atoms. The maximum absolute atomic E-state index is 12.5. The van der Waals surface area contributed by atoms with Crippen LogP contribution in [0.5, 0.6) is 5.75 Å². The standard InChI is InChI=1S/C15H20N2O3/c1-3-4-13-15(19)17(10-9-14(18)16-13)11-5-7-12(20-2)8-6-11/h5-8,13H,3-4,9-10H2,1-2H3,(H,16,18). The van der Waals surface area contributed by atoms with Gasteiger partial charge in [-0.05, 0) is 30.7 Å². The van der Waals surface area contributed by atoms with Crippen molar-refractivity contribution in [3.63, 3.8) is 0 Å². The van der Waals surface area contributed by atoms with Crippen LogP contribution in [0.15, 0.2) is 24.3 Å². The molecule has 1 atom stereocenters. The fraction of sp³-hybridized carbons (Fsp3) is 0.467.